The van der Waals surface area contributed by atoms with Crippen LogP contribution in [0.15, 0.2) is 24.3 Å². The maximum Gasteiger partial charge on any atom is 0.0872 e. The Hall–Kier alpha value is -1.35. The van der Waals surface area contributed by atoms with Gasteiger partial charge in [0.15, 0.2) is 0 Å². The first kappa shape index (κ1) is 11.7. The maximum atomic E-state index is 4.74. The van der Waals surface area contributed by atoms with Crippen LogP contribution in [0.3, 0.4) is 0 Å². The molecule has 1 atom stereocenters. The van der Waals surface area contributed by atoms with Crippen LogP contribution in [0.1, 0.15) is 37.9 Å². The van der Waals surface area contributed by atoms with E-state index in [9.17, 15) is 0 Å². The highest BCUT2D eigenvalue weighted by Gasteiger charge is 2.28. The van der Waals surface area contributed by atoms with Crippen LogP contribution in [0, 0.1) is 5.92 Å². The monoisotopic (exact) mass is 243 g/mol. The first-order chi connectivity index (χ1) is 8.79. The van der Waals surface area contributed by atoms with Crippen LogP contribution in [0.5, 0.6) is 0 Å². The molecule has 3 nitrogen and oxygen atoms in total. The molecule has 18 heavy (non-hydrogen) atoms. The molecule has 0 radical (unpaired) electrons. The Morgan fingerprint density at radius 3 is 2.89 bits per heavy atom. The highest BCUT2D eigenvalue weighted by molar-refractivity contribution is 5.82. The topological polar surface area (TPSA) is 29.9 Å². The van der Waals surface area contributed by atoms with Gasteiger partial charge >= 0.3 is 0 Å². The van der Waals surface area contributed by atoms with Crippen molar-refractivity contribution in [3.63, 3.8) is 0 Å². The third-order valence-electron chi connectivity index (χ3n) is 3.83. The lowest BCUT2D eigenvalue weighted by Gasteiger charge is -2.15. The highest BCUT2D eigenvalue weighted by atomic mass is 15.3. The normalized spacial score (nSPS) is 17.2. The van der Waals surface area contributed by atoms with Gasteiger partial charge in [0, 0.05) is 12.4 Å². The number of benzene rings is 1. The SMILES string of the molecule is CCNC(CC1CC1)c1nn(C)c2ccccc12. The van der Waals surface area contributed by atoms with Crippen LogP contribution in [0.25, 0.3) is 10.9 Å². The Morgan fingerprint density at radius 2 is 2.17 bits per heavy atom. The molecule has 0 spiro atoms. The van der Waals surface area contributed by atoms with Gasteiger partial charge in [0.1, 0.15) is 0 Å². The van der Waals surface area contributed by atoms with Gasteiger partial charge in [-0.25, -0.2) is 0 Å². The molecule has 0 saturated heterocycles. The van der Waals surface area contributed by atoms with Crippen molar-refractivity contribution >= 4 is 10.9 Å². The van der Waals surface area contributed by atoms with Crippen molar-refractivity contribution < 1.29 is 0 Å². The standard InChI is InChI=1S/C15H21N3/c1-3-16-13(10-11-8-9-11)15-12-6-4-5-7-14(12)18(2)17-15/h4-7,11,13,16H,3,8-10H2,1-2H3. The van der Waals surface area contributed by atoms with E-state index < -0.39 is 0 Å². The summed E-state index contributed by atoms with van der Waals surface area (Å²) in [5, 5.41) is 9.64. The molecule has 1 fully saturated rings. The number of nitrogens with zero attached hydrogens (tertiary/aromatic N) is 2. The summed E-state index contributed by atoms with van der Waals surface area (Å²) in [6.45, 7) is 3.17. The molecule has 2 aromatic rings. The molecular weight excluding hydrogens is 222 g/mol. The first-order valence-corrected chi connectivity index (χ1v) is 6.94. The van der Waals surface area contributed by atoms with E-state index in [1.54, 1.807) is 0 Å². The molecule has 1 aliphatic carbocycles. The zero-order chi connectivity index (χ0) is 12.5. The third kappa shape index (κ3) is 2.15. The molecule has 1 unspecified atom stereocenters. The zero-order valence-electron chi connectivity index (χ0n) is 11.2. The second-order valence-electron chi connectivity index (χ2n) is 5.32. The van der Waals surface area contributed by atoms with Gasteiger partial charge in [-0.15, -0.1) is 0 Å². The van der Waals surface area contributed by atoms with E-state index >= 15 is 0 Å². The molecule has 0 amide bonds. The summed E-state index contributed by atoms with van der Waals surface area (Å²) in [6, 6.07) is 8.93. The summed E-state index contributed by atoms with van der Waals surface area (Å²) >= 11 is 0. The lowest BCUT2D eigenvalue weighted by Crippen LogP contribution is -2.22. The van der Waals surface area contributed by atoms with E-state index in [-0.39, 0.29) is 0 Å². The Bertz CT molecular complexity index is 540. The zero-order valence-corrected chi connectivity index (χ0v) is 11.2. The van der Waals surface area contributed by atoms with Gasteiger partial charge in [0.2, 0.25) is 0 Å². The summed E-state index contributed by atoms with van der Waals surface area (Å²) in [7, 11) is 2.03. The lowest BCUT2D eigenvalue weighted by molar-refractivity contribution is 0.474. The van der Waals surface area contributed by atoms with Gasteiger partial charge in [0.05, 0.1) is 17.3 Å². The number of fused-ring (bicyclic) bond motifs is 1. The summed E-state index contributed by atoms with van der Waals surface area (Å²) in [6.07, 6.45) is 4.02. The summed E-state index contributed by atoms with van der Waals surface area (Å²) in [5.74, 6) is 0.912. The molecule has 1 aliphatic rings. The summed E-state index contributed by atoms with van der Waals surface area (Å²) < 4.78 is 2.00. The minimum Gasteiger partial charge on any atom is -0.309 e. The quantitative estimate of drug-likeness (QED) is 0.874. The van der Waals surface area contributed by atoms with Crippen molar-refractivity contribution in [3.05, 3.63) is 30.0 Å². The van der Waals surface area contributed by atoms with Gasteiger partial charge in [0.25, 0.3) is 0 Å². The van der Waals surface area contributed by atoms with Crippen LogP contribution in [0.2, 0.25) is 0 Å². The second-order valence-corrected chi connectivity index (χ2v) is 5.32. The highest BCUT2D eigenvalue weighted by Crippen LogP contribution is 2.38. The lowest BCUT2D eigenvalue weighted by atomic mass is 10.0. The molecule has 1 heterocycles. The maximum absolute atomic E-state index is 4.74. The number of hydrogen-bond donors (Lipinski definition) is 1. The van der Waals surface area contributed by atoms with Crippen LogP contribution < -0.4 is 5.32 Å². The van der Waals surface area contributed by atoms with Gasteiger partial charge in [-0.05, 0) is 24.9 Å². The Labute approximate surface area is 108 Å². The molecule has 3 rings (SSSR count). The second kappa shape index (κ2) is 4.73. The number of rotatable bonds is 5. The Morgan fingerprint density at radius 1 is 1.39 bits per heavy atom. The molecular formula is C15H21N3. The Kier molecular flexibility index (Phi) is 3.08. The predicted molar refractivity (Wildman–Crippen MR) is 74.5 cm³/mol. The van der Waals surface area contributed by atoms with Gasteiger partial charge in [-0.1, -0.05) is 38.0 Å². The first-order valence-electron chi connectivity index (χ1n) is 6.94. The predicted octanol–water partition coefficient (Wildman–Crippen LogP) is 3.02. The summed E-state index contributed by atoms with van der Waals surface area (Å²) in [5.41, 5.74) is 2.45. The number of para-hydroxylation sites is 1. The minimum atomic E-state index is 0.411. The fourth-order valence-electron chi connectivity index (χ4n) is 2.72. The van der Waals surface area contributed by atoms with Crippen LogP contribution in [-0.2, 0) is 7.05 Å². The van der Waals surface area contributed by atoms with E-state index in [4.69, 9.17) is 5.10 Å². The van der Waals surface area contributed by atoms with Crippen molar-refractivity contribution in [1.29, 1.82) is 0 Å². The van der Waals surface area contributed by atoms with Crippen molar-refractivity contribution in [1.82, 2.24) is 15.1 Å². The van der Waals surface area contributed by atoms with Crippen molar-refractivity contribution in [2.45, 2.75) is 32.2 Å². The molecule has 1 N–H and O–H groups in total. The van der Waals surface area contributed by atoms with Gasteiger partial charge in [-0.3, -0.25) is 4.68 Å². The minimum absolute atomic E-state index is 0.411. The largest absolute Gasteiger partial charge is 0.309 e. The Balaban J connectivity index is 1.99. The summed E-state index contributed by atoms with van der Waals surface area (Å²) in [4.78, 5) is 0. The van der Waals surface area contributed by atoms with Gasteiger partial charge < -0.3 is 5.32 Å². The molecule has 96 valence electrons. The van der Waals surface area contributed by atoms with Crippen molar-refractivity contribution in [2.24, 2.45) is 13.0 Å². The van der Waals surface area contributed by atoms with E-state index in [1.807, 2.05) is 11.7 Å². The van der Waals surface area contributed by atoms with E-state index in [2.05, 4.69) is 36.5 Å². The van der Waals surface area contributed by atoms with Crippen molar-refractivity contribution in [2.75, 3.05) is 6.54 Å². The number of aryl methyl sites for hydroxylation is 1. The van der Waals surface area contributed by atoms with Crippen molar-refractivity contribution in [3.8, 4) is 0 Å². The molecule has 3 heteroatoms. The fraction of sp³-hybridized carbons (Fsp3) is 0.533. The molecule has 0 aliphatic heterocycles. The van der Waals surface area contributed by atoms with Crippen LogP contribution in [-0.4, -0.2) is 16.3 Å². The van der Waals surface area contributed by atoms with E-state index in [0.29, 0.717) is 6.04 Å². The number of hydrogen-bond acceptors (Lipinski definition) is 2. The van der Waals surface area contributed by atoms with Crippen LogP contribution >= 0.6 is 0 Å². The van der Waals surface area contributed by atoms with E-state index in [1.165, 1.54) is 35.9 Å². The molecule has 1 aromatic heterocycles. The van der Waals surface area contributed by atoms with Crippen LogP contribution in [0.4, 0.5) is 0 Å². The number of aromatic nitrogens is 2. The number of nitrogens with one attached hydrogen (secondary N) is 1. The smallest absolute Gasteiger partial charge is 0.0872 e. The average Bonchev–Trinajstić information content (AvgIpc) is 3.13. The fourth-order valence-corrected chi connectivity index (χ4v) is 2.72. The molecule has 1 aromatic carbocycles. The van der Waals surface area contributed by atoms with E-state index in [0.717, 1.165) is 12.5 Å². The van der Waals surface area contributed by atoms with Gasteiger partial charge in [-0.2, -0.15) is 5.10 Å². The molecule has 1 saturated carbocycles. The average molecular weight is 243 g/mol. The molecule has 0 bridgehead atoms. The third-order valence-corrected chi connectivity index (χ3v) is 3.83.